The number of hydrogen-bond donors (Lipinski definition) is 2. The first-order valence-electron chi connectivity index (χ1n) is 5.73. The van der Waals surface area contributed by atoms with Crippen LogP contribution in [0.4, 0.5) is 0 Å². The second-order valence-electron chi connectivity index (χ2n) is 4.28. The van der Waals surface area contributed by atoms with E-state index in [1.54, 1.807) is 0 Å². The van der Waals surface area contributed by atoms with Gasteiger partial charge in [0.25, 0.3) is 0 Å². The molecule has 2 unspecified atom stereocenters. The van der Waals surface area contributed by atoms with E-state index in [1.165, 1.54) is 0 Å². The maximum atomic E-state index is 11.3. The number of rotatable bonds is 6. The summed E-state index contributed by atoms with van der Waals surface area (Å²) in [6, 6.07) is 0. The highest BCUT2D eigenvalue weighted by atomic mass is 35.5. The maximum absolute atomic E-state index is 11.3. The van der Waals surface area contributed by atoms with Crippen LogP contribution in [0.3, 0.4) is 0 Å². The molecule has 1 aliphatic rings. The fraction of sp³-hybridized carbons (Fsp3) is 0.909. The summed E-state index contributed by atoms with van der Waals surface area (Å²) in [5, 5.41) is 12.2. The molecule has 3 nitrogen and oxygen atoms in total. The third kappa shape index (κ3) is 5.38. The smallest absolute Gasteiger partial charge is 0.220 e. The number of nitrogens with one attached hydrogen (secondary N) is 1. The maximum Gasteiger partial charge on any atom is 0.220 e. The van der Waals surface area contributed by atoms with Crippen LogP contribution < -0.4 is 5.32 Å². The molecule has 0 aliphatic heterocycles. The molecule has 1 aliphatic carbocycles. The van der Waals surface area contributed by atoms with Gasteiger partial charge in [0.1, 0.15) is 0 Å². The van der Waals surface area contributed by atoms with Crippen molar-refractivity contribution in [1.29, 1.82) is 0 Å². The molecule has 88 valence electrons. The van der Waals surface area contributed by atoms with E-state index in [2.05, 4.69) is 5.32 Å². The van der Waals surface area contributed by atoms with Crippen molar-refractivity contribution in [2.75, 3.05) is 12.4 Å². The van der Waals surface area contributed by atoms with Crippen molar-refractivity contribution in [3.63, 3.8) is 0 Å². The second kappa shape index (κ2) is 7.07. The summed E-state index contributed by atoms with van der Waals surface area (Å²) >= 11 is 5.52. The van der Waals surface area contributed by atoms with E-state index in [0.717, 1.165) is 38.6 Å². The summed E-state index contributed by atoms with van der Waals surface area (Å²) in [5.74, 6) is 1.21. The zero-order valence-electron chi connectivity index (χ0n) is 9.04. The molecule has 0 saturated heterocycles. The molecule has 2 N–H and O–H groups in total. The molecular weight excluding hydrogens is 214 g/mol. The third-order valence-electron chi connectivity index (χ3n) is 2.89. The quantitative estimate of drug-likeness (QED) is 0.542. The summed E-state index contributed by atoms with van der Waals surface area (Å²) in [7, 11) is 0. The van der Waals surface area contributed by atoms with Crippen LogP contribution in [-0.4, -0.2) is 29.5 Å². The average molecular weight is 234 g/mol. The summed E-state index contributed by atoms with van der Waals surface area (Å²) in [6.07, 6.45) is 4.93. The Morgan fingerprint density at radius 1 is 1.40 bits per heavy atom. The van der Waals surface area contributed by atoms with E-state index in [1.807, 2.05) is 0 Å². The molecule has 0 aromatic heterocycles. The number of carbonyl (C=O) groups is 1. The van der Waals surface area contributed by atoms with Crippen molar-refractivity contribution in [2.24, 2.45) is 5.92 Å². The molecule has 0 aromatic carbocycles. The largest absolute Gasteiger partial charge is 0.393 e. The monoisotopic (exact) mass is 233 g/mol. The van der Waals surface area contributed by atoms with Gasteiger partial charge >= 0.3 is 0 Å². The van der Waals surface area contributed by atoms with Crippen LogP contribution in [0.2, 0.25) is 0 Å². The van der Waals surface area contributed by atoms with Gasteiger partial charge in [-0.1, -0.05) is 0 Å². The number of alkyl halides is 1. The molecule has 0 heterocycles. The average Bonchev–Trinajstić information content (AvgIpc) is 2.62. The Kier molecular flexibility index (Phi) is 6.03. The Bertz CT molecular complexity index is 199. The topological polar surface area (TPSA) is 49.3 Å². The highest BCUT2D eigenvalue weighted by Gasteiger charge is 2.22. The normalized spacial score (nSPS) is 25.5. The summed E-state index contributed by atoms with van der Waals surface area (Å²) < 4.78 is 0. The Hall–Kier alpha value is -0.280. The van der Waals surface area contributed by atoms with Crippen LogP contribution in [-0.2, 0) is 4.79 Å². The van der Waals surface area contributed by atoms with Crippen LogP contribution in [0.5, 0.6) is 0 Å². The molecule has 1 saturated carbocycles. The van der Waals surface area contributed by atoms with Gasteiger partial charge in [0, 0.05) is 18.8 Å². The minimum absolute atomic E-state index is 0.113. The van der Waals surface area contributed by atoms with Crippen molar-refractivity contribution < 1.29 is 9.90 Å². The number of amides is 1. The fourth-order valence-electron chi connectivity index (χ4n) is 1.96. The zero-order chi connectivity index (χ0) is 11.1. The molecule has 1 rings (SSSR count). The van der Waals surface area contributed by atoms with E-state index < -0.39 is 0 Å². The van der Waals surface area contributed by atoms with E-state index in [0.29, 0.717) is 18.2 Å². The summed E-state index contributed by atoms with van der Waals surface area (Å²) in [4.78, 5) is 11.3. The Morgan fingerprint density at radius 3 is 2.80 bits per heavy atom. The molecular formula is C11H20ClNO2. The van der Waals surface area contributed by atoms with Crippen LogP contribution >= 0.6 is 11.6 Å². The van der Waals surface area contributed by atoms with Crippen LogP contribution in [0.25, 0.3) is 0 Å². The van der Waals surface area contributed by atoms with Crippen LogP contribution in [0, 0.1) is 5.92 Å². The lowest BCUT2D eigenvalue weighted by molar-refractivity contribution is -0.121. The number of hydrogen-bond acceptors (Lipinski definition) is 2. The standard InChI is InChI=1S/C11H20ClNO2/c12-6-2-1-3-11(15)13-8-9-4-5-10(14)7-9/h9-10,14H,1-8H2,(H,13,15). The van der Waals surface area contributed by atoms with E-state index >= 15 is 0 Å². The lowest BCUT2D eigenvalue weighted by Crippen LogP contribution is -2.28. The van der Waals surface area contributed by atoms with Crippen molar-refractivity contribution in [3.05, 3.63) is 0 Å². The molecule has 2 atom stereocenters. The first-order chi connectivity index (χ1) is 7.22. The first-order valence-corrected chi connectivity index (χ1v) is 6.26. The van der Waals surface area contributed by atoms with E-state index in [9.17, 15) is 9.90 Å². The third-order valence-corrected chi connectivity index (χ3v) is 3.16. The van der Waals surface area contributed by atoms with Gasteiger partial charge in [0.05, 0.1) is 6.10 Å². The highest BCUT2D eigenvalue weighted by Crippen LogP contribution is 2.24. The second-order valence-corrected chi connectivity index (χ2v) is 4.66. The Balaban J connectivity index is 2.01. The Morgan fingerprint density at radius 2 is 2.20 bits per heavy atom. The molecule has 15 heavy (non-hydrogen) atoms. The predicted molar refractivity (Wildman–Crippen MR) is 60.9 cm³/mol. The summed E-state index contributed by atoms with van der Waals surface area (Å²) in [6.45, 7) is 0.719. The fourth-order valence-corrected chi connectivity index (χ4v) is 2.15. The first kappa shape index (κ1) is 12.8. The molecule has 1 amide bonds. The Labute approximate surface area is 96.2 Å². The van der Waals surface area contributed by atoms with Crippen LogP contribution in [0.15, 0.2) is 0 Å². The van der Waals surface area contributed by atoms with Crippen LogP contribution in [0.1, 0.15) is 38.5 Å². The highest BCUT2D eigenvalue weighted by molar-refractivity contribution is 6.17. The number of aliphatic hydroxyl groups is 1. The van der Waals surface area contributed by atoms with Gasteiger partial charge in [-0.3, -0.25) is 4.79 Å². The molecule has 0 aromatic rings. The number of unbranched alkanes of at least 4 members (excludes halogenated alkanes) is 1. The van der Waals surface area contributed by atoms with Crippen molar-refractivity contribution >= 4 is 17.5 Å². The van der Waals surface area contributed by atoms with Gasteiger partial charge in [-0.2, -0.15) is 0 Å². The van der Waals surface area contributed by atoms with Gasteiger partial charge in [0.15, 0.2) is 0 Å². The van der Waals surface area contributed by atoms with Gasteiger partial charge in [-0.25, -0.2) is 0 Å². The zero-order valence-corrected chi connectivity index (χ0v) is 9.80. The molecule has 0 radical (unpaired) electrons. The molecule has 0 spiro atoms. The van der Waals surface area contributed by atoms with Gasteiger partial charge < -0.3 is 10.4 Å². The molecule has 1 fully saturated rings. The predicted octanol–water partition coefficient (Wildman–Crippen LogP) is 1.67. The van der Waals surface area contributed by atoms with Gasteiger partial charge in [-0.05, 0) is 38.0 Å². The van der Waals surface area contributed by atoms with Crippen molar-refractivity contribution in [3.8, 4) is 0 Å². The van der Waals surface area contributed by atoms with Crippen molar-refractivity contribution in [1.82, 2.24) is 5.32 Å². The SMILES string of the molecule is O=C(CCCCCl)NCC1CCC(O)C1. The number of aliphatic hydroxyl groups excluding tert-OH is 1. The lowest BCUT2D eigenvalue weighted by Gasteiger charge is -2.10. The minimum atomic E-state index is -0.150. The van der Waals surface area contributed by atoms with Gasteiger partial charge in [0.2, 0.25) is 5.91 Å². The summed E-state index contributed by atoms with van der Waals surface area (Å²) in [5.41, 5.74) is 0. The van der Waals surface area contributed by atoms with E-state index in [4.69, 9.17) is 11.6 Å². The van der Waals surface area contributed by atoms with Crippen molar-refractivity contribution in [2.45, 2.75) is 44.6 Å². The number of carbonyl (C=O) groups excluding carboxylic acids is 1. The number of halogens is 1. The molecule has 4 heteroatoms. The molecule has 0 bridgehead atoms. The van der Waals surface area contributed by atoms with Gasteiger partial charge in [-0.15, -0.1) is 11.6 Å². The van der Waals surface area contributed by atoms with E-state index in [-0.39, 0.29) is 12.0 Å². The minimum Gasteiger partial charge on any atom is -0.393 e. The lowest BCUT2D eigenvalue weighted by atomic mass is 10.1.